The van der Waals surface area contributed by atoms with E-state index in [0.717, 1.165) is 22.5 Å². The molecule has 0 amide bonds. The van der Waals surface area contributed by atoms with Gasteiger partial charge in [0.1, 0.15) is 10.7 Å². The van der Waals surface area contributed by atoms with Crippen LogP contribution in [0.15, 0.2) is 53.3 Å². The highest BCUT2D eigenvalue weighted by Gasteiger charge is 2.31. The fourth-order valence-corrected chi connectivity index (χ4v) is 4.07. The number of dihydropyridines is 1. The number of hydrogen-bond donors (Lipinski definition) is 1. The van der Waals surface area contributed by atoms with E-state index in [4.69, 9.17) is 16.3 Å². The molecule has 2 unspecified atom stereocenters. The van der Waals surface area contributed by atoms with Gasteiger partial charge < -0.3 is 10.1 Å². The van der Waals surface area contributed by atoms with Crippen LogP contribution in [0.25, 0.3) is 0 Å². The Morgan fingerprint density at radius 2 is 2.03 bits per heavy atom. The number of unbranched alkanes of at least 4 members (excludes halogenated alkanes) is 1. The van der Waals surface area contributed by atoms with E-state index in [1.54, 1.807) is 0 Å². The van der Waals surface area contributed by atoms with Gasteiger partial charge in [-0.1, -0.05) is 74.1 Å². The molecule has 0 aliphatic carbocycles. The second kappa shape index (κ2) is 11.8. The van der Waals surface area contributed by atoms with Crippen molar-refractivity contribution in [2.24, 2.45) is 11.8 Å². The van der Waals surface area contributed by atoms with Crippen molar-refractivity contribution in [3.8, 4) is 5.75 Å². The van der Waals surface area contributed by atoms with Crippen LogP contribution in [-0.4, -0.2) is 17.3 Å². The van der Waals surface area contributed by atoms with Crippen molar-refractivity contribution in [3.05, 3.63) is 63.9 Å². The molecule has 30 heavy (non-hydrogen) atoms. The van der Waals surface area contributed by atoms with Gasteiger partial charge >= 0.3 is 0 Å². The Kier molecular flexibility index (Phi) is 9.70. The van der Waals surface area contributed by atoms with Crippen LogP contribution in [0.4, 0.5) is 0 Å². The number of halogens is 2. The minimum Gasteiger partial charge on any atom is -0.493 e. The van der Waals surface area contributed by atoms with Crippen LogP contribution < -0.4 is 10.1 Å². The van der Waals surface area contributed by atoms with Gasteiger partial charge in [0.2, 0.25) is 0 Å². The number of carbonyl (C=O) groups excluding carboxylic acids is 1. The molecule has 0 radical (unpaired) electrons. The van der Waals surface area contributed by atoms with Crippen LogP contribution in [0.1, 0.15) is 53.0 Å². The number of rotatable bonds is 5. The summed E-state index contributed by atoms with van der Waals surface area (Å²) in [5.41, 5.74) is 3.89. The van der Waals surface area contributed by atoms with Crippen molar-refractivity contribution >= 4 is 33.3 Å². The molecule has 2 aliphatic rings. The number of Topliss-reactive ketones (excluding diaryl/α,β-unsaturated/α-hetero) is 1. The van der Waals surface area contributed by atoms with E-state index < -0.39 is 0 Å². The van der Waals surface area contributed by atoms with Crippen LogP contribution in [-0.2, 0) is 11.2 Å². The van der Waals surface area contributed by atoms with Crippen molar-refractivity contribution in [1.29, 1.82) is 0 Å². The average molecular weight is 495 g/mol. The molecule has 1 aromatic rings. The van der Waals surface area contributed by atoms with E-state index in [9.17, 15) is 4.79 Å². The molecule has 0 fully saturated rings. The minimum absolute atomic E-state index is 0.0869. The van der Waals surface area contributed by atoms with E-state index in [-0.39, 0.29) is 16.7 Å². The topological polar surface area (TPSA) is 38.3 Å². The Bertz CT molecular complexity index is 840. The highest BCUT2D eigenvalue weighted by molar-refractivity contribution is 9.09. The monoisotopic (exact) mass is 493 g/mol. The largest absolute Gasteiger partial charge is 0.493 e. The second-order valence-corrected chi connectivity index (χ2v) is 9.36. The third-order valence-corrected chi connectivity index (χ3v) is 6.05. The molecule has 3 nitrogen and oxygen atoms in total. The highest BCUT2D eigenvalue weighted by Crippen LogP contribution is 2.35. The smallest absolute Gasteiger partial charge is 0.170 e. The van der Waals surface area contributed by atoms with E-state index >= 15 is 0 Å². The molecule has 0 saturated carbocycles. The predicted molar refractivity (Wildman–Crippen MR) is 130 cm³/mol. The summed E-state index contributed by atoms with van der Waals surface area (Å²) in [5, 5.41) is 3.92. The molecule has 164 valence electrons. The van der Waals surface area contributed by atoms with Crippen LogP contribution in [0, 0.1) is 11.8 Å². The Balaban J connectivity index is 0.000000735. The third kappa shape index (κ3) is 6.24. The Hall–Kier alpha value is -1.52. The number of hydrogen-bond acceptors (Lipinski definition) is 3. The standard InChI is InChI=1S/C21H23BrClNO2.C4H10/c1-4-16(18-10-24-20(22)9-17(18)12(2)3)21(25)14-7-13-8-15(23)5-6-19(13)26-11-14;1-3-4-2/h4-6,8-10,12,14,20,24H,7,11H2,1-3H3;3-4H2,1-2H3/b16-4+;. The lowest BCUT2D eigenvalue weighted by molar-refractivity contribution is -0.120. The Morgan fingerprint density at radius 1 is 1.33 bits per heavy atom. The lowest BCUT2D eigenvalue weighted by Crippen LogP contribution is -2.31. The van der Waals surface area contributed by atoms with Crippen LogP contribution in [0.2, 0.25) is 5.02 Å². The molecule has 0 bridgehead atoms. The molecule has 0 spiro atoms. The zero-order valence-electron chi connectivity index (χ0n) is 18.6. The van der Waals surface area contributed by atoms with Gasteiger partial charge in [0, 0.05) is 22.4 Å². The lowest BCUT2D eigenvalue weighted by Gasteiger charge is -2.28. The zero-order valence-corrected chi connectivity index (χ0v) is 20.9. The highest BCUT2D eigenvalue weighted by atomic mass is 79.9. The van der Waals surface area contributed by atoms with Crippen molar-refractivity contribution in [2.75, 3.05) is 6.61 Å². The average Bonchev–Trinajstić information content (AvgIpc) is 2.74. The van der Waals surface area contributed by atoms with E-state index in [2.05, 4.69) is 55.0 Å². The second-order valence-electron chi connectivity index (χ2n) is 7.93. The maximum absolute atomic E-state index is 13.3. The van der Waals surface area contributed by atoms with Gasteiger partial charge in [0.05, 0.1) is 12.5 Å². The molecular formula is C25H33BrClNO2. The van der Waals surface area contributed by atoms with Gasteiger partial charge in [0.15, 0.2) is 5.78 Å². The molecule has 5 heteroatoms. The Labute approximate surface area is 194 Å². The summed E-state index contributed by atoms with van der Waals surface area (Å²) >= 11 is 9.67. The normalized spacial score (nSPS) is 20.7. The molecule has 2 atom stereocenters. The first kappa shape index (κ1) is 24.7. The van der Waals surface area contributed by atoms with E-state index in [1.807, 2.05) is 37.4 Å². The summed E-state index contributed by atoms with van der Waals surface area (Å²) in [6.45, 7) is 11.0. The number of nitrogens with one attached hydrogen (secondary N) is 1. The number of fused-ring (bicyclic) bond motifs is 1. The summed E-state index contributed by atoms with van der Waals surface area (Å²) in [7, 11) is 0. The summed E-state index contributed by atoms with van der Waals surface area (Å²) in [4.78, 5) is 13.4. The number of benzene rings is 1. The van der Waals surface area contributed by atoms with Gasteiger partial charge in [-0.25, -0.2) is 0 Å². The minimum atomic E-state index is -0.205. The SMILES string of the molecule is C/C=C(/C(=O)C1COc2ccc(Cl)cc2C1)C1=CNC(Br)C=C1C(C)C.CCCC. The van der Waals surface area contributed by atoms with Crippen molar-refractivity contribution in [1.82, 2.24) is 5.32 Å². The molecule has 0 saturated heterocycles. The van der Waals surface area contributed by atoms with Crippen LogP contribution >= 0.6 is 27.5 Å². The Morgan fingerprint density at radius 3 is 2.63 bits per heavy atom. The van der Waals surface area contributed by atoms with Gasteiger partial charge in [-0.2, -0.15) is 0 Å². The van der Waals surface area contributed by atoms with Crippen LogP contribution in [0.3, 0.4) is 0 Å². The van der Waals surface area contributed by atoms with E-state index in [1.165, 1.54) is 18.4 Å². The summed E-state index contributed by atoms with van der Waals surface area (Å²) in [6.07, 6.45) is 9.27. The molecule has 0 aromatic heterocycles. The van der Waals surface area contributed by atoms with Gasteiger partial charge in [0.25, 0.3) is 0 Å². The third-order valence-electron chi connectivity index (χ3n) is 5.29. The first-order chi connectivity index (χ1) is 14.3. The summed E-state index contributed by atoms with van der Waals surface area (Å²) in [6, 6.07) is 5.58. The quantitative estimate of drug-likeness (QED) is 0.272. The number of ketones is 1. The molecule has 2 heterocycles. The lowest BCUT2D eigenvalue weighted by atomic mass is 9.82. The summed E-state index contributed by atoms with van der Waals surface area (Å²) < 4.78 is 5.82. The van der Waals surface area contributed by atoms with Crippen molar-refractivity contribution < 1.29 is 9.53 Å². The first-order valence-electron chi connectivity index (χ1n) is 10.8. The van der Waals surface area contributed by atoms with Crippen molar-refractivity contribution in [3.63, 3.8) is 0 Å². The van der Waals surface area contributed by atoms with Gasteiger partial charge in [-0.3, -0.25) is 4.79 Å². The number of ether oxygens (including phenoxy) is 1. The zero-order chi connectivity index (χ0) is 22.3. The van der Waals surface area contributed by atoms with E-state index in [0.29, 0.717) is 24.0 Å². The molecule has 2 aliphatic heterocycles. The molecule has 1 N–H and O–H groups in total. The fraction of sp³-hybridized carbons (Fsp3) is 0.480. The molecule has 1 aromatic carbocycles. The van der Waals surface area contributed by atoms with Crippen LogP contribution in [0.5, 0.6) is 5.75 Å². The first-order valence-corrected chi connectivity index (χ1v) is 12.1. The molecule has 3 rings (SSSR count). The number of alkyl halides is 1. The van der Waals surface area contributed by atoms with Crippen molar-refractivity contribution in [2.45, 2.75) is 58.8 Å². The predicted octanol–water partition coefficient (Wildman–Crippen LogP) is 7.00. The maximum atomic E-state index is 13.3. The maximum Gasteiger partial charge on any atom is 0.170 e. The van der Waals surface area contributed by atoms with Gasteiger partial charge in [-0.15, -0.1) is 0 Å². The fourth-order valence-electron chi connectivity index (χ4n) is 3.46. The van der Waals surface area contributed by atoms with Gasteiger partial charge in [-0.05, 0) is 54.7 Å². The number of allylic oxidation sites excluding steroid dienone is 4. The number of carbonyl (C=O) groups is 1. The summed E-state index contributed by atoms with van der Waals surface area (Å²) in [5.74, 6) is 1.06. The molecular weight excluding hydrogens is 462 g/mol.